The predicted molar refractivity (Wildman–Crippen MR) is 154 cm³/mol. The highest BCUT2D eigenvalue weighted by Crippen LogP contribution is 2.41. The summed E-state index contributed by atoms with van der Waals surface area (Å²) in [7, 11) is 1.51. The number of hydrogen-bond acceptors (Lipinski definition) is 8. The summed E-state index contributed by atoms with van der Waals surface area (Å²) in [5.74, 6) is 2.11. The van der Waals surface area contributed by atoms with Gasteiger partial charge in [0.15, 0.2) is 5.82 Å². The first-order chi connectivity index (χ1) is 18.3. The number of benzene rings is 1. The number of anilines is 3. The minimum Gasteiger partial charge on any atom is -0.495 e. The molecule has 0 bridgehead atoms. The average molecular weight is 572 g/mol. The van der Waals surface area contributed by atoms with E-state index in [1.165, 1.54) is 43.2 Å². The predicted octanol–water partition coefficient (Wildman–Crippen LogP) is 6.94. The quantitative estimate of drug-likeness (QED) is 0.248. The Kier molecular flexibility index (Phi) is 7.99. The molecule has 0 saturated carbocycles. The van der Waals surface area contributed by atoms with Gasteiger partial charge < -0.3 is 15.4 Å². The Morgan fingerprint density at radius 2 is 1.97 bits per heavy atom. The van der Waals surface area contributed by atoms with E-state index >= 15 is 0 Å². The number of thiophene rings is 1. The molecule has 0 aliphatic carbocycles. The van der Waals surface area contributed by atoms with Crippen molar-refractivity contribution in [1.29, 1.82) is 0 Å². The van der Waals surface area contributed by atoms with Gasteiger partial charge in [-0.05, 0) is 62.0 Å². The van der Waals surface area contributed by atoms with E-state index in [1.807, 2.05) is 19.2 Å². The summed E-state index contributed by atoms with van der Waals surface area (Å²) in [6.07, 6.45) is 5.82. The number of methoxy groups -OCH3 is 1. The van der Waals surface area contributed by atoms with Crippen molar-refractivity contribution in [3.63, 3.8) is 0 Å². The maximum Gasteiger partial charge on any atom is 0.258 e. The van der Waals surface area contributed by atoms with Gasteiger partial charge in [0.1, 0.15) is 22.9 Å². The van der Waals surface area contributed by atoms with Gasteiger partial charge in [-0.2, -0.15) is 0 Å². The number of halogens is 2. The Morgan fingerprint density at radius 3 is 2.68 bits per heavy atom. The topological polar surface area (TPSA) is 92.3 Å². The molecule has 11 heteroatoms. The van der Waals surface area contributed by atoms with Crippen molar-refractivity contribution in [2.24, 2.45) is 5.92 Å². The molecule has 0 unspecified atom stereocenters. The first-order valence-electron chi connectivity index (χ1n) is 12.3. The Bertz CT molecular complexity index is 1470. The monoisotopic (exact) mass is 570 g/mol. The van der Waals surface area contributed by atoms with E-state index in [9.17, 15) is 4.79 Å². The summed E-state index contributed by atoms with van der Waals surface area (Å²) in [5.41, 5.74) is 3.12. The molecule has 1 aliphatic heterocycles. The van der Waals surface area contributed by atoms with Crippen molar-refractivity contribution in [3.8, 4) is 5.75 Å². The van der Waals surface area contributed by atoms with Crippen LogP contribution in [0, 0.1) is 12.8 Å². The van der Waals surface area contributed by atoms with Crippen molar-refractivity contribution in [1.82, 2.24) is 19.9 Å². The molecule has 3 aromatic heterocycles. The van der Waals surface area contributed by atoms with Crippen LogP contribution < -0.4 is 15.4 Å². The van der Waals surface area contributed by atoms with Gasteiger partial charge in [-0.25, -0.2) is 15.0 Å². The van der Waals surface area contributed by atoms with Crippen LogP contribution in [0.1, 0.15) is 41.3 Å². The third-order valence-corrected chi connectivity index (χ3v) is 8.60. The Labute approximate surface area is 235 Å². The molecule has 4 aromatic rings. The maximum absolute atomic E-state index is 13.2. The molecule has 0 atom stereocenters. The number of rotatable bonds is 7. The van der Waals surface area contributed by atoms with E-state index in [1.54, 1.807) is 11.4 Å². The van der Waals surface area contributed by atoms with Crippen LogP contribution in [0.2, 0.25) is 10.0 Å². The van der Waals surface area contributed by atoms with Gasteiger partial charge in [0, 0.05) is 18.1 Å². The summed E-state index contributed by atoms with van der Waals surface area (Å²) >= 11 is 14.2. The smallest absolute Gasteiger partial charge is 0.258 e. The minimum atomic E-state index is -0.382. The molecule has 1 saturated heterocycles. The number of piperidine rings is 1. The molecule has 8 nitrogen and oxygen atoms in total. The van der Waals surface area contributed by atoms with Crippen LogP contribution in [0.25, 0.3) is 10.2 Å². The zero-order valence-corrected chi connectivity index (χ0v) is 23.7. The van der Waals surface area contributed by atoms with Crippen LogP contribution in [0.15, 0.2) is 36.1 Å². The highest BCUT2D eigenvalue weighted by Gasteiger charge is 2.21. The number of likely N-dealkylation sites (tertiary alicyclic amines) is 1. The van der Waals surface area contributed by atoms with E-state index in [4.69, 9.17) is 27.9 Å². The van der Waals surface area contributed by atoms with Crippen molar-refractivity contribution in [2.45, 2.75) is 33.2 Å². The number of amides is 1. The summed E-state index contributed by atoms with van der Waals surface area (Å²) in [6, 6.07) is 5.76. The van der Waals surface area contributed by atoms with Crippen LogP contribution in [-0.4, -0.2) is 46.0 Å². The van der Waals surface area contributed by atoms with Gasteiger partial charge in [-0.15, -0.1) is 11.3 Å². The molecule has 0 radical (unpaired) electrons. The van der Waals surface area contributed by atoms with Gasteiger partial charge in [0.25, 0.3) is 5.91 Å². The standard InChI is InChI=1S/C27H28Cl2N6O2S/c1-15-6-8-35(9-7-15)12-17-4-5-20(30-11-17)33-26-25-23(31-14-32-26)18(13-38-25)27(36)34-24-21(28)16(2)10-19(37-3)22(24)29/h4-5,10-11,13-15H,6-9,12H2,1-3H3,(H,34,36)(H,30,31,32,33). The van der Waals surface area contributed by atoms with Crippen molar-refractivity contribution >= 4 is 68.0 Å². The van der Waals surface area contributed by atoms with Gasteiger partial charge in [0.05, 0.1) is 33.6 Å². The molecular weight excluding hydrogens is 543 g/mol. The number of nitrogens with one attached hydrogen (secondary N) is 2. The third kappa shape index (κ3) is 5.56. The molecule has 1 aromatic carbocycles. The molecule has 38 heavy (non-hydrogen) atoms. The molecular formula is C27H28Cl2N6O2S. The van der Waals surface area contributed by atoms with Gasteiger partial charge >= 0.3 is 0 Å². The molecule has 1 fully saturated rings. The van der Waals surface area contributed by atoms with E-state index in [0.29, 0.717) is 39.2 Å². The zero-order chi connectivity index (χ0) is 26.8. The van der Waals surface area contributed by atoms with E-state index < -0.39 is 0 Å². The van der Waals surface area contributed by atoms with Crippen molar-refractivity contribution in [2.75, 3.05) is 30.8 Å². The number of aromatic nitrogens is 3. The fourth-order valence-corrected chi connectivity index (χ4v) is 5.93. The summed E-state index contributed by atoms with van der Waals surface area (Å²) in [4.78, 5) is 29.1. The molecule has 198 valence electrons. The Morgan fingerprint density at radius 1 is 1.18 bits per heavy atom. The largest absolute Gasteiger partial charge is 0.495 e. The lowest BCUT2D eigenvalue weighted by atomic mass is 9.99. The third-order valence-electron chi connectivity index (χ3n) is 6.76. The van der Waals surface area contributed by atoms with Crippen LogP contribution in [-0.2, 0) is 6.54 Å². The first-order valence-corrected chi connectivity index (χ1v) is 14.0. The molecule has 0 spiro atoms. The Balaban J connectivity index is 1.33. The van der Waals surface area contributed by atoms with Crippen LogP contribution in [0.3, 0.4) is 0 Å². The molecule has 1 amide bonds. The highest BCUT2D eigenvalue weighted by molar-refractivity contribution is 7.18. The number of carbonyl (C=O) groups excluding carboxylic acids is 1. The second-order valence-electron chi connectivity index (χ2n) is 9.54. The van der Waals surface area contributed by atoms with Crippen LogP contribution >= 0.6 is 34.5 Å². The number of ether oxygens (including phenoxy) is 1. The summed E-state index contributed by atoms with van der Waals surface area (Å²) in [6.45, 7) is 7.30. The second-order valence-corrected chi connectivity index (χ2v) is 11.2. The fraction of sp³-hybridized carbons (Fsp3) is 0.333. The lowest BCUT2D eigenvalue weighted by molar-refractivity contribution is 0.102. The van der Waals surface area contributed by atoms with Crippen molar-refractivity contribution in [3.05, 3.63) is 62.8 Å². The highest BCUT2D eigenvalue weighted by atomic mass is 35.5. The fourth-order valence-electron chi connectivity index (χ4n) is 4.47. The molecule has 2 N–H and O–H groups in total. The number of carbonyl (C=O) groups is 1. The SMILES string of the molecule is COc1cc(C)c(Cl)c(NC(=O)c2csc3c(Nc4ccc(CN5CCC(C)CC5)cn4)ncnc23)c1Cl. The number of pyridine rings is 1. The Hall–Kier alpha value is -2.98. The minimum absolute atomic E-state index is 0.234. The first kappa shape index (κ1) is 26.6. The second kappa shape index (κ2) is 11.4. The number of nitrogens with zero attached hydrogens (tertiary/aromatic N) is 4. The summed E-state index contributed by atoms with van der Waals surface area (Å²) < 4.78 is 6.05. The number of fused-ring (bicyclic) bond motifs is 1. The molecule has 5 rings (SSSR count). The van der Waals surface area contributed by atoms with Crippen molar-refractivity contribution < 1.29 is 9.53 Å². The van der Waals surface area contributed by atoms with Crippen LogP contribution in [0.5, 0.6) is 5.75 Å². The van der Waals surface area contributed by atoms with Gasteiger partial charge in [-0.3, -0.25) is 9.69 Å². The lowest BCUT2D eigenvalue weighted by Gasteiger charge is -2.30. The summed E-state index contributed by atoms with van der Waals surface area (Å²) in [5, 5.41) is 8.42. The van der Waals surface area contributed by atoms with E-state index in [2.05, 4.69) is 43.5 Å². The van der Waals surface area contributed by atoms with Gasteiger partial charge in [0.2, 0.25) is 0 Å². The van der Waals surface area contributed by atoms with E-state index in [0.717, 1.165) is 35.8 Å². The normalized spacial score (nSPS) is 14.6. The average Bonchev–Trinajstić information content (AvgIpc) is 3.36. The number of hydrogen-bond donors (Lipinski definition) is 2. The van der Waals surface area contributed by atoms with E-state index in [-0.39, 0.29) is 10.9 Å². The van der Waals surface area contributed by atoms with Gasteiger partial charge in [-0.1, -0.05) is 36.2 Å². The molecule has 4 heterocycles. The zero-order valence-electron chi connectivity index (χ0n) is 21.3. The van der Waals surface area contributed by atoms with Crippen LogP contribution in [0.4, 0.5) is 17.3 Å². The molecule has 1 aliphatic rings. The maximum atomic E-state index is 13.2. The number of aryl methyl sites for hydroxylation is 1. The lowest BCUT2D eigenvalue weighted by Crippen LogP contribution is -2.32.